The zero-order valence-corrected chi connectivity index (χ0v) is 18.3. The standard InChI is InChI=1S/C21H31N3O4S/c1-4-15-5-7-17(8-6-15)28-13-20-18(23-29(3,26)27)9-10-19-16(12-22)11-14(2)21(25)24(19)20/h11,15,17-18,20,23H,4-10,13H2,1-3H3. The average molecular weight is 422 g/mol. The average Bonchev–Trinajstić information content (AvgIpc) is 2.68. The molecule has 1 saturated carbocycles. The van der Waals surface area contributed by atoms with Gasteiger partial charge in [0.25, 0.3) is 5.56 Å². The van der Waals surface area contributed by atoms with Gasteiger partial charge >= 0.3 is 0 Å². The Morgan fingerprint density at radius 1 is 1.28 bits per heavy atom. The number of nitriles is 1. The van der Waals surface area contributed by atoms with Crippen molar-refractivity contribution in [2.45, 2.75) is 77.0 Å². The topological polar surface area (TPSA) is 101 Å². The third kappa shape index (κ3) is 5.08. The molecular weight excluding hydrogens is 390 g/mol. The highest BCUT2D eigenvalue weighted by Gasteiger charge is 2.35. The number of hydrogen-bond acceptors (Lipinski definition) is 5. The second-order valence-electron chi connectivity index (χ2n) is 8.46. The third-order valence-corrected chi connectivity index (χ3v) is 7.10. The van der Waals surface area contributed by atoms with Crippen molar-refractivity contribution in [2.75, 3.05) is 12.9 Å². The van der Waals surface area contributed by atoms with Crippen molar-refractivity contribution in [1.29, 1.82) is 5.26 Å². The van der Waals surface area contributed by atoms with Crippen LogP contribution in [0.2, 0.25) is 0 Å². The molecule has 1 aliphatic heterocycles. The van der Waals surface area contributed by atoms with E-state index in [-0.39, 0.29) is 18.3 Å². The minimum atomic E-state index is -3.44. The zero-order chi connectivity index (χ0) is 21.2. The molecule has 0 spiro atoms. The first-order valence-electron chi connectivity index (χ1n) is 10.5. The van der Waals surface area contributed by atoms with Crippen LogP contribution in [-0.4, -0.2) is 38.0 Å². The molecule has 3 rings (SSSR count). The van der Waals surface area contributed by atoms with Crippen LogP contribution in [0.15, 0.2) is 10.9 Å². The van der Waals surface area contributed by atoms with Gasteiger partial charge in [-0.25, -0.2) is 13.1 Å². The van der Waals surface area contributed by atoms with Gasteiger partial charge in [0.05, 0.1) is 30.6 Å². The highest BCUT2D eigenvalue weighted by Crippen LogP contribution is 2.31. The molecule has 160 valence electrons. The second kappa shape index (κ2) is 8.99. The number of pyridine rings is 1. The molecule has 2 heterocycles. The maximum absolute atomic E-state index is 13.0. The number of sulfonamides is 1. The number of aromatic nitrogens is 1. The summed E-state index contributed by atoms with van der Waals surface area (Å²) >= 11 is 0. The number of nitrogens with one attached hydrogen (secondary N) is 1. The molecule has 8 heteroatoms. The van der Waals surface area contributed by atoms with E-state index in [4.69, 9.17) is 4.74 Å². The van der Waals surface area contributed by atoms with Gasteiger partial charge in [-0.05, 0) is 57.4 Å². The van der Waals surface area contributed by atoms with Crippen molar-refractivity contribution >= 4 is 10.0 Å². The summed E-state index contributed by atoms with van der Waals surface area (Å²) in [6, 6.07) is 2.92. The van der Waals surface area contributed by atoms with Crippen LogP contribution in [0.1, 0.15) is 68.3 Å². The molecule has 0 radical (unpaired) electrons. The molecule has 0 amide bonds. The number of fused-ring (bicyclic) bond motifs is 1. The quantitative estimate of drug-likeness (QED) is 0.760. The Labute approximate surface area is 173 Å². The van der Waals surface area contributed by atoms with Gasteiger partial charge in [-0.15, -0.1) is 0 Å². The molecular formula is C21H31N3O4S. The van der Waals surface area contributed by atoms with Gasteiger partial charge in [-0.3, -0.25) is 4.79 Å². The minimum Gasteiger partial charge on any atom is -0.376 e. The molecule has 0 bridgehead atoms. The van der Waals surface area contributed by atoms with Gasteiger partial charge in [-0.1, -0.05) is 13.3 Å². The van der Waals surface area contributed by atoms with Crippen molar-refractivity contribution in [3.63, 3.8) is 0 Å². The molecule has 1 N–H and O–H groups in total. The van der Waals surface area contributed by atoms with E-state index in [0.29, 0.717) is 29.7 Å². The van der Waals surface area contributed by atoms with Crippen LogP contribution < -0.4 is 10.3 Å². The molecule has 29 heavy (non-hydrogen) atoms. The van der Waals surface area contributed by atoms with Crippen LogP contribution in [0.5, 0.6) is 0 Å². The van der Waals surface area contributed by atoms with E-state index in [9.17, 15) is 18.5 Å². The fourth-order valence-electron chi connectivity index (χ4n) is 4.72. The molecule has 1 aliphatic carbocycles. The van der Waals surface area contributed by atoms with Crippen molar-refractivity contribution in [2.24, 2.45) is 5.92 Å². The predicted octanol–water partition coefficient (Wildman–Crippen LogP) is 2.42. The van der Waals surface area contributed by atoms with Gasteiger partial charge in [0, 0.05) is 17.3 Å². The van der Waals surface area contributed by atoms with Crippen LogP contribution in [0, 0.1) is 24.2 Å². The van der Waals surface area contributed by atoms with Gasteiger partial charge in [-0.2, -0.15) is 5.26 Å². The molecule has 2 aliphatic rings. The van der Waals surface area contributed by atoms with Gasteiger partial charge in [0.1, 0.15) is 6.07 Å². The lowest BCUT2D eigenvalue weighted by molar-refractivity contribution is -0.00696. The smallest absolute Gasteiger partial charge is 0.254 e. The number of rotatable bonds is 6. The van der Waals surface area contributed by atoms with Crippen LogP contribution in [0.3, 0.4) is 0 Å². The first-order chi connectivity index (χ1) is 13.7. The van der Waals surface area contributed by atoms with E-state index in [1.807, 2.05) is 0 Å². The zero-order valence-electron chi connectivity index (χ0n) is 17.5. The van der Waals surface area contributed by atoms with E-state index < -0.39 is 22.1 Å². The van der Waals surface area contributed by atoms with Gasteiger partial charge in [0.2, 0.25) is 10.0 Å². The van der Waals surface area contributed by atoms with E-state index in [0.717, 1.165) is 37.9 Å². The first kappa shape index (κ1) is 22.0. The summed E-state index contributed by atoms with van der Waals surface area (Å²) in [5, 5.41) is 9.52. The SMILES string of the molecule is CCC1CCC(OCC2C(NS(C)(=O)=O)CCc3c(C#N)cc(C)c(=O)n32)CC1. The molecule has 2 unspecified atom stereocenters. The normalized spacial score (nSPS) is 27.2. The number of aryl methyl sites for hydroxylation is 1. The summed E-state index contributed by atoms with van der Waals surface area (Å²) in [6.45, 7) is 4.16. The summed E-state index contributed by atoms with van der Waals surface area (Å²) in [4.78, 5) is 13.0. The third-order valence-electron chi connectivity index (χ3n) is 6.37. The lowest BCUT2D eigenvalue weighted by Gasteiger charge is -2.37. The Morgan fingerprint density at radius 3 is 2.55 bits per heavy atom. The number of ether oxygens (including phenoxy) is 1. The van der Waals surface area contributed by atoms with Crippen LogP contribution in [0.4, 0.5) is 0 Å². The van der Waals surface area contributed by atoms with E-state index in [2.05, 4.69) is 17.7 Å². The van der Waals surface area contributed by atoms with Crippen molar-refractivity contribution in [1.82, 2.24) is 9.29 Å². The van der Waals surface area contributed by atoms with Gasteiger partial charge < -0.3 is 9.30 Å². The molecule has 1 aromatic rings. The summed E-state index contributed by atoms with van der Waals surface area (Å²) in [5.74, 6) is 0.758. The van der Waals surface area contributed by atoms with E-state index in [1.54, 1.807) is 17.6 Å². The molecule has 0 aromatic carbocycles. The first-order valence-corrected chi connectivity index (χ1v) is 12.4. The highest BCUT2D eigenvalue weighted by molar-refractivity contribution is 7.88. The maximum atomic E-state index is 13.0. The molecule has 7 nitrogen and oxygen atoms in total. The fraction of sp³-hybridized carbons (Fsp3) is 0.714. The van der Waals surface area contributed by atoms with E-state index >= 15 is 0 Å². The highest BCUT2D eigenvalue weighted by atomic mass is 32.2. The lowest BCUT2D eigenvalue weighted by Crippen LogP contribution is -2.50. The maximum Gasteiger partial charge on any atom is 0.254 e. The Kier molecular flexibility index (Phi) is 6.82. The Morgan fingerprint density at radius 2 is 1.97 bits per heavy atom. The minimum absolute atomic E-state index is 0.137. The largest absolute Gasteiger partial charge is 0.376 e. The summed E-state index contributed by atoms with van der Waals surface area (Å²) in [5.41, 5.74) is 1.47. The fourth-order valence-corrected chi connectivity index (χ4v) is 5.54. The monoisotopic (exact) mass is 421 g/mol. The number of nitrogens with zero attached hydrogens (tertiary/aromatic N) is 2. The lowest BCUT2D eigenvalue weighted by atomic mass is 9.86. The van der Waals surface area contributed by atoms with Crippen molar-refractivity contribution in [3.05, 3.63) is 33.2 Å². The van der Waals surface area contributed by atoms with Crippen LogP contribution in [0.25, 0.3) is 0 Å². The molecule has 1 aromatic heterocycles. The Balaban J connectivity index is 1.89. The summed E-state index contributed by atoms with van der Waals surface area (Å²) < 4.78 is 34.3. The number of hydrogen-bond donors (Lipinski definition) is 1. The van der Waals surface area contributed by atoms with Crippen molar-refractivity contribution in [3.8, 4) is 6.07 Å². The predicted molar refractivity (Wildman–Crippen MR) is 111 cm³/mol. The molecule has 0 saturated heterocycles. The summed E-state index contributed by atoms with van der Waals surface area (Å²) in [7, 11) is -3.44. The Hall–Kier alpha value is -1.69. The van der Waals surface area contributed by atoms with Crippen LogP contribution in [-0.2, 0) is 21.2 Å². The second-order valence-corrected chi connectivity index (χ2v) is 10.2. The van der Waals surface area contributed by atoms with E-state index in [1.165, 1.54) is 6.42 Å². The van der Waals surface area contributed by atoms with Crippen LogP contribution >= 0.6 is 0 Å². The summed E-state index contributed by atoms with van der Waals surface area (Å²) in [6.07, 6.45) is 7.74. The van der Waals surface area contributed by atoms with Crippen molar-refractivity contribution < 1.29 is 13.2 Å². The van der Waals surface area contributed by atoms with Gasteiger partial charge in [0.15, 0.2) is 0 Å². The molecule has 2 atom stereocenters. The Bertz CT molecular complexity index is 940. The molecule has 1 fully saturated rings.